The molecule has 3 heteroatoms. The molecule has 0 fully saturated rings. The fourth-order valence-electron chi connectivity index (χ4n) is 1.34. The summed E-state index contributed by atoms with van der Waals surface area (Å²) in [6.07, 6.45) is 0. The van der Waals surface area contributed by atoms with Crippen molar-refractivity contribution in [2.75, 3.05) is 0 Å². The minimum atomic E-state index is -0.205. The van der Waals surface area contributed by atoms with Crippen LogP contribution in [-0.4, -0.2) is 10.2 Å². The van der Waals surface area contributed by atoms with Gasteiger partial charge in [-0.3, -0.25) is 5.11 Å². The van der Waals surface area contributed by atoms with E-state index in [9.17, 15) is 15.3 Å². The Morgan fingerprint density at radius 3 is 2.31 bits per heavy atom. The molecule has 3 nitrogen and oxygen atoms in total. The Balaban J connectivity index is 3.00. The van der Waals surface area contributed by atoms with E-state index in [0.29, 0.717) is 5.39 Å². The summed E-state index contributed by atoms with van der Waals surface area (Å²) in [7, 11) is 0. The summed E-state index contributed by atoms with van der Waals surface area (Å²) in [5.41, 5.74) is 0. The van der Waals surface area contributed by atoms with Crippen molar-refractivity contribution in [2.45, 2.75) is 0 Å². The first-order valence-corrected chi connectivity index (χ1v) is 3.81. The first-order valence-electron chi connectivity index (χ1n) is 3.81. The third kappa shape index (κ3) is 1.05. The summed E-state index contributed by atoms with van der Waals surface area (Å²) in [6, 6.07) is 7.12. The minimum absolute atomic E-state index is 0.0762. The predicted octanol–water partition coefficient (Wildman–Crippen LogP) is 2.39. The second-order valence-corrected chi connectivity index (χ2v) is 2.78. The second kappa shape index (κ2) is 2.55. The van der Waals surface area contributed by atoms with Gasteiger partial charge in [0.25, 0.3) is 0 Å². The largest absolute Gasteiger partial charge is 0.507 e. The second-order valence-electron chi connectivity index (χ2n) is 2.78. The van der Waals surface area contributed by atoms with Crippen LogP contribution in [0.1, 0.15) is 0 Å². The predicted molar refractivity (Wildman–Crippen MR) is 47.4 cm³/mol. The Bertz CT molecular complexity index is 455. The van der Waals surface area contributed by atoms with Crippen LogP contribution >= 0.6 is 0 Å². The first-order chi connectivity index (χ1) is 6.20. The van der Waals surface area contributed by atoms with Crippen LogP contribution in [0.25, 0.3) is 10.8 Å². The first kappa shape index (κ1) is 7.73. The average molecular weight is 175 g/mol. The molecule has 1 radical (unpaired) electrons. The zero-order valence-corrected chi connectivity index (χ0v) is 6.69. The molecular weight excluding hydrogens is 168 g/mol. The SMILES string of the molecule is [O]c1ccc(O)c2c(O)cccc12. The molecule has 2 N–H and O–H groups in total. The van der Waals surface area contributed by atoms with Crippen molar-refractivity contribution < 1.29 is 15.3 Å². The van der Waals surface area contributed by atoms with Crippen molar-refractivity contribution >= 4 is 10.8 Å². The van der Waals surface area contributed by atoms with Crippen LogP contribution in [0.15, 0.2) is 30.3 Å². The standard InChI is InChI=1S/C10H7O3/c11-7-4-5-9(13)10-6(7)2-1-3-8(10)12/h1-5,12-13H. The Kier molecular flexibility index (Phi) is 1.52. The van der Waals surface area contributed by atoms with E-state index in [1.165, 1.54) is 18.2 Å². The smallest absolute Gasteiger partial charge is 0.186 e. The van der Waals surface area contributed by atoms with Crippen LogP contribution in [0.5, 0.6) is 17.2 Å². The highest BCUT2D eigenvalue weighted by Gasteiger charge is 2.08. The lowest BCUT2D eigenvalue weighted by Crippen LogP contribution is -1.75. The highest BCUT2D eigenvalue weighted by molar-refractivity contribution is 5.97. The number of phenolic OH excluding ortho intramolecular Hbond substituents is 2. The summed E-state index contributed by atoms with van der Waals surface area (Å²) in [5, 5.41) is 30.6. The van der Waals surface area contributed by atoms with Gasteiger partial charge in [0.05, 0.1) is 5.39 Å². The van der Waals surface area contributed by atoms with E-state index in [-0.39, 0.29) is 22.6 Å². The van der Waals surface area contributed by atoms with Gasteiger partial charge in [0.2, 0.25) is 0 Å². The summed E-state index contributed by atoms with van der Waals surface area (Å²) in [6.45, 7) is 0. The maximum absolute atomic E-state index is 11.3. The lowest BCUT2D eigenvalue weighted by atomic mass is 10.1. The van der Waals surface area contributed by atoms with Crippen molar-refractivity contribution in [3.8, 4) is 17.2 Å². The van der Waals surface area contributed by atoms with Gasteiger partial charge in [-0.15, -0.1) is 0 Å². The topological polar surface area (TPSA) is 60.4 Å². The van der Waals surface area contributed by atoms with Gasteiger partial charge in [0.1, 0.15) is 11.5 Å². The van der Waals surface area contributed by atoms with Crippen LogP contribution in [0.4, 0.5) is 0 Å². The molecule has 0 unspecified atom stereocenters. The van der Waals surface area contributed by atoms with E-state index in [1.807, 2.05) is 0 Å². The molecule has 0 aromatic heterocycles. The molecule has 2 aromatic carbocycles. The van der Waals surface area contributed by atoms with E-state index in [1.54, 1.807) is 12.1 Å². The zero-order chi connectivity index (χ0) is 9.42. The normalized spacial score (nSPS) is 10.5. The number of rotatable bonds is 0. The van der Waals surface area contributed by atoms with Crippen molar-refractivity contribution in [3.63, 3.8) is 0 Å². The highest BCUT2D eigenvalue weighted by atomic mass is 16.3. The third-order valence-corrected chi connectivity index (χ3v) is 1.96. The molecule has 0 atom stereocenters. The summed E-state index contributed by atoms with van der Waals surface area (Å²) >= 11 is 0. The number of hydrogen-bond donors (Lipinski definition) is 2. The number of phenols is 2. The molecule has 0 aliphatic carbocycles. The fraction of sp³-hybridized carbons (Fsp3) is 0. The Morgan fingerprint density at radius 1 is 0.923 bits per heavy atom. The van der Waals surface area contributed by atoms with Gasteiger partial charge < -0.3 is 10.2 Å². The van der Waals surface area contributed by atoms with Gasteiger partial charge in [-0.2, -0.15) is 0 Å². The monoisotopic (exact) mass is 175 g/mol. The molecule has 0 aliphatic rings. The molecule has 0 spiro atoms. The molecule has 0 heterocycles. The van der Waals surface area contributed by atoms with Gasteiger partial charge in [-0.25, -0.2) is 0 Å². The molecule has 0 saturated carbocycles. The number of aromatic hydroxyl groups is 2. The van der Waals surface area contributed by atoms with Crippen LogP contribution in [0.2, 0.25) is 0 Å². The number of benzene rings is 2. The minimum Gasteiger partial charge on any atom is -0.507 e. The van der Waals surface area contributed by atoms with E-state index >= 15 is 0 Å². The van der Waals surface area contributed by atoms with Gasteiger partial charge in [0, 0.05) is 5.39 Å². The molecule has 0 bridgehead atoms. The van der Waals surface area contributed by atoms with Crippen molar-refractivity contribution in [2.24, 2.45) is 0 Å². The third-order valence-electron chi connectivity index (χ3n) is 1.96. The Hall–Kier alpha value is -1.90. The van der Waals surface area contributed by atoms with Gasteiger partial charge in [0.15, 0.2) is 5.75 Å². The lowest BCUT2D eigenvalue weighted by molar-refractivity contribution is 0.359. The average Bonchev–Trinajstić information content (AvgIpc) is 2.12. The van der Waals surface area contributed by atoms with Crippen molar-refractivity contribution in [1.29, 1.82) is 0 Å². The Labute approximate surface area is 74.5 Å². The molecular formula is C10H7O3. The van der Waals surface area contributed by atoms with E-state index in [0.717, 1.165) is 0 Å². The maximum atomic E-state index is 11.3. The van der Waals surface area contributed by atoms with E-state index in [4.69, 9.17) is 0 Å². The maximum Gasteiger partial charge on any atom is 0.186 e. The van der Waals surface area contributed by atoms with Gasteiger partial charge in [-0.1, -0.05) is 12.1 Å². The molecule has 0 aliphatic heterocycles. The van der Waals surface area contributed by atoms with Crippen LogP contribution in [-0.2, 0) is 5.11 Å². The zero-order valence-electron chi connectivity index (χ0n) is 6.69. The van der Waals surface area contributed by atoms with Crippen LogP contribution in [0, 0.1) is 0 Å². The molecule has 2 rings (SSSR count). The van der Waals surface area contributed by atoms with Crippen LogP contribution in [0.3, 0.4) is 0 Å². The van der Waals surface area contributed by atoms with Crippen molar-refractivity contribution in [3.05, 3.63) is 30.3 Å². The lowest BCUT2D eigenvalue weighted by Gasteiger charge is -2.02. The molecule has 0 saturated heterocycles. The fourth-order valence-corrected chi connectivity index (χ4v) is 1.34. The number of fused-ring (bicyclic) bond motifs is 1. The summed E-state index contributed by atoms with van der Waals surface area (Å²) < 4.78 is 0. The number of hydrogen-bond acceptors (Lipinski definition) is 2. The highest BCUT2D eigenvalue weighted by Crippen LogP contribution is 2.37. The van der Waals surface area contributed by atoms with E-state index < -0.39 is 0 Å². The quantitative estimate of drug-likeness (QED) is 0.645. The van der Waals surface area contributed by atoms with Crippen LogP contribution < -0.4 is 0 Å². The molecule has 2 aromatic rings. The summed E-state index contributed by atoms with van der Waals surface area (Å²) in [4.78, 5) is 0. The Morgan fingerprint density at radius 2 is 1.62 bits per heavy atom. The van der Waals surface area contributed by atoms with Gasteiger partial charge in [-0.05, 0) is 18.2 Å². The molecule has 13 heavy (non-hydrogen) atoms. The summed E-state index contributed by atoms with van der Waals surface area (Å²) in [5.74, 6) is -0.357. The van der Waals surface area contributed by atoms with E-state index in [2.05, 4.69) is 0 Å². The van der Waals surface area contributed by atoms with Crippen molar-refractivity contribution in [1.82, 2.24) is 0 Å². The molecule has 0 amide bonds. The molecule has 65 valence electrons. The van der Waals surface area contributed by atoms with Gasteiger partial charge >= 0.3 is 0 Å².